The molecule has 0 bridgehead atoms. The lowest BCUT2D eigenvalue weighted by atomic mass is 10.0. The summed E-state index contributed by atoms with van der Waals surface area (Å²) in [5.41, 5.74) is 3.06. The molecule has 1 aromatic carbocycles. The minimum absolute atomic E-state index is 0.141. The fourth-order valence-electron chi connectivity index (χ4n) is 4.19. The van der Waals surface area contributed by atoms with Crippen LogP contribution in [-0.4, -0.2) is 79.1 Å². The lowest BCUT2D eigenvalue weighted by Gasteiger charge is -2.16. The number of nitrogens with zero attached hydrogens (tertiary/aromatic N) is 4. The zero-order valence-corrected chi connectivity index (χ0v) is 22.5. The standard InChI is InChI=1S/C24H27N7O5S2/c1-35-24-20(30-38(2,33)34)10-16(11-25-24)15-8-18(17-12-26-29-19(17)9-15)28-23(32)21-14-37-22(27-21)13-31-4-3-6-36-7-5-31/h8-12,14,30H,3-7,13H2,1-2H3,(H,26,29)(H,28,32). The number of amides is 1. The number of nitrogens with one attached hydrogen (secondary N) is 3. The van der Waals surface area contributed by atoms with Crippen LogP contribution in [0.4, 0.5) is 11.4 Å². The van der Waals surface area contributed by atoms with E-state index in [1.807, 2.05) is 6.07 Å². The summed E-state index contributed by atoms with van der Waals surface area (Å²) in [6.45, 7) is 3.93. The number of ether oxygens (including phenoxy) is 2. The van der Waals surface area contributed by atoms with Gasteiger partial charge >= 0.3 is 0 Å². The number of carbonyl (C=O) groups is 1. The number of hydrogen-bond donors (Lipinski definition) is 3. The Morgan fingerprint density at radius 1 is 1.18 bits per heavy atom. The molecule has 0 spiro atoms. The van der Waals surface area contributed by atoms with Crippen molar-refractivity contribution in [2.24, 2.45) is 0 Å². The zero-order chi connectivity index (χ0) is 26.7. The van der Waals surface area contributed by atoms with Crippen LogP contribution in [0.5, 0.6) is 5.88 Å². The number of thiazole rings is 1. The molecule has 4 heterocycles. The Kier molecular flexibility index (Phi) is 7.56. The predicted molar refractivity (Wildman–Crippen MR) is 145 cm³/mol. The van der Waals surface area contributed by atoms with Gasteiger partial charge in [0.25, 0.3) is 5.91 Å². The average molecular weight is 558 g/mol. The molecular formula is C24H27N7O5S2. The van der Waals surface area contributed by atoms with Gasteiger partial charge in [0, 0.05) is 42.2 Å². The highest BCUT2D eigenvalue weighted by Crippen LogP contribution is 2.33. The van der Waals surface area contributed by atoms with Gasteiger partial charge in [-0.15, -0.1) is 11.3 Å². The maximum Gasteiger partial charge on any atom is 0.275 e. The summed E-state index contributed by atoms with van der Waals surface area (Å²) in [7, 11) is -2.15. The first kappa shape index (κ1) is 26.0. The maximum absolute atomic E-state index is 13.1. The summed E-state index contributed by atoms with van der Waals surface area (Å²) >= 11 is 1.45. The van der Waals surface area contributed by atoms with Crippen molar-refractivity contribution in [2.45, 2.75) is 13.0 Å². The third kappa shape index (κ3) is 6.10. The largest absolute Gasteiger partial charge is 0.480 e. The van der Waals surface area contributed by atoms with E-state index in [2.05, 4.69) is 35.1 Å². The number of rotatable bonds is 8. The Morgan fingerprint density at radius 2 is 2.03 bits per heavy atom. The van der Waals surface area contributed by atoms with Crippen LogP contribution in [0, 0.1) is 0 Å². The first-order valence-electron chi connectivity index (χ1n) is 11.8. The summed E-state index contributed by atoms with van der Waals surface area (Å²) in [6, 6.07) is 5.25. The van der Waals surface area contributed by atoms with E-state index in [1.54, 1.807) is 29.9 Å². The predicted octanol–water partition coefficient (Wildman–Crippen LogP) is 2.94. The molecule has 1 aliphatic heterocycles. The molecule has 0 saturated carbocycles. The monoisotopic (exact) mass is 557 g/mol. The molecule has 0 atom stereocenters. The highest BCUT2D eigenvalue weighted by molar-refractivity contribution is 7.92. The molecule has 1 amide bonds. The van der Waals surface area contributed by atoms with Crippen LogP contribution in [0.15, 0.2) is 36.0 Å². The number of carbonyl (C=O) groups excluding carboxylic acids is 1. The second-order valence-electron chi connectivity index (χ2n) is 8.83. The first-order valence-corrected chi connectivity index (χ1v) is 14.6. The average Bonchev–Trinajstić information content (AvgIpc) is 3.47. The molecule has 1 aliphatic rings. The van der Waals surface area contributed by atoms with Crippen LogP contribution < -0.4 is 14.8 Å². The summed E-state index contributed by atoms with van der Waals surface area (Å²) in [6.07, 6.45) is 5.22. The van der Waals surface area contributed by atoms with Crippen LogP contribution >= 0.6 is 11.3 Å². The number of benzene rings is 1. The van der Waals surface area contributed by atoms with Crippen molar-refractivity contribution in [1.82, 2.24) is 25.1 Å². The second-order valence-corrected chi connectivity index (χ2v) is 11.5. The van der Waals surface area contributed by atoms with Crippen molar-refractivity contribution < 1.29 is 22.7 Å². The third-order valence-corrected chi connectivity index (χ3v) is 7.36. The number of anilines is 2. The SMILES string of the molecule is COc1ncc(-c2cc(NC(=O)c3csc(CN4CCCOCC4)n3)c3cn[nH]c3c2)cc1NS(C)(=O)=O. The highest BCUT2D eigenvalue weighted by atomic mass is 32.2. The van der Waals surface area contributed by atoms with Crippen molar-refractivity contribution in [1.29, 1.82) is 0 Å². The lowest BCUT2D eigenvalue weighted by molar-refractivity contribution is 0.102. The van der Waals surface area contributed by atoms with Gasteiger partial charge in [-0.3, -0.25) is 19.5 Å². The van der Waals surface area contributed by atoms with Gasteiger partial charge in [0.2, 0.25) is 15.9 Å². The minimum Gasteiger partial charge on any atom is -0.480 e. The number of aromatic nitrogens is 4. The molecule has 0 aliphatic carbocycles. The van der Waals surface area contributed by atoms with Gasteiger partial charge in [-0.05, 0) is 30.2 Å². The van der Waals surface area contributed by atoms with Gasteiger partial charge in [0.1, 0.15) is 16.4 Å². The van der Waals surface area contributed by atoms with Crippen LogP contribution in [0.25, 0.3) is 22.0 Å². The molecule has 3 aromatic heterocycles. The van der Waals surface area contributed by atoms with E-state index in [1.165, 1.54) is 18.4 Å². The van der Waals surface area contributed by atoms with Crippen molar-refractivity contribution in [2.75, 3.05) is 49.7 Å². The minimum atomic E-state index is -3.56. The highest BCUT2D eigenvalue weighted by Gasteiger charge is 2.18. The number of pyridine rings is 1. The molecule has 12 nitrogen and oxygen atoms in total. The molecule has 3 N–H and O–H groups in total. The third-order valence-electron chi connectivity index (χ3n) is 5.94. The van der Waals surface area contributed by atoms with E-state index >= 15 is 0 Å². The maximum atomic E-state index is 13.1. The van der Waals surface area contributed by atoms with E-state index in [9.17, 15) is 13.2 Å². The van der Waals surface area contributed by atoms with E-state index in [-0.39, 0.29) is 17.5 Å². The number of aromatic amines is 1. The topological polar surface area (TPSA) is 151 Å². The normalized spacial score (nSPS) is 14.8. The van der Waals surface area contributed by atoms with E-state index in [4.69, 9.17) is 9.47 Å². The Balaban J connectivity index is 1.40. The van der Waals surface area contributed by atoms with Gasteiger partial charge in [0.15, 0.2) is 0 Å². The summed E-state index contributed by atoms with van der Waals surface area (Å²) in [5, 5.41) is 13.3. The van der Waals surface area contributed by atoms with Crippen LogP contribution in [-0.2, 0) is 21.3 Å². The second kappa shape index (κ2) is 11.0. The Labute approximate surface area is 223 Å². The van der Waals surface area contributed by atoms with E-state index < -0.39 is 10.0 Å². The molecule has 5 rings (SSSR count). The number of sulfonamides is 1. The van der Waals surface area contributed by atoms with Crippen LogP contribution in [0.3, 0.4) is 0 Å². The molecule has 1 saturated heterocycles. The molecule has 1 fully saturated rings. The van der Waals surface area contributed by atoms with Crippen molar-refractivity contribution in [3.05, 3.63) is 46.7 Å². The molecule has 14 heteroatoms. The lowest BCUT2D eigenvalue weighted by Crippen LogP contribution is -2.25. The van der Waals surface area contributed by atoms with Gasteiger partial charge in [0.05, 0.1) is 43.9 Å². The number of H-pyrrole nitrogens is 1. The molecule has 38 heavy (non-hydrogen) atoms. The molecular weight excluding hydrogens is 530 g/mol. The quantitative estimate of drug-likeness (QED) is 0.297. The Morgan fingerprint density at radius 3 is 2.84 bits per heavy atom. The number of methoxy groups -OCH3 is 1. The molecule has 0 radical (unpaired) electrons. The summed E-state index contributed by atoms with van der Waals surface area (Å²) in [4.78, 5) is 24.2. The smallest absolute Gasteiger partial charge is 0.275 e. The molecule has 4 aromatic rings. The van der Waals surface area contributed by atoms with Crippen LogP contribution in [0.1, 0.15) is 21.9 Å². The Hall–Kier alpha value is -3.59. The van der Waals surface area contributed by atoms with Crippen molar-refractivity contribution in [3.8, 4) is 17.0 Å². The van der Waals surface area contributed by atoms with E-state index in [0.29, 0.717) is 41.2 Å². The van der Waals surface area contributed by atoms with Crippen molar-refractivity contribution >= 4 is 49.5 Å². The fraction of sp³-hybridized carbons (Fsp3) is 0.333. The summed E-state index contributed by atoms with van der Waals surface area (Å²) in [5.74, 6) is -0.194. The van der Waals surface area contributed by atoms with Crippen LogP contribution in [0.2, 0.25) is 0 Å². The fourth-order valence-corrected chi connectivity index (χ4v) is 5.55. The first-order chi connectivity index (χ1) is 18.3. The zero-order valence-electron chi connectivity index (χ0n) is 20.9. The van der Waals surface area contributed by atoms with Crippen molar-refractivity contribution in [3.63, 3.8) is 0 Å². The molecule has 0 unspecified atom stereocenters. The summed E-state index contributed by atoms with van der Waals surface area (Å²) < 4.78 is 36.8. The van der Waals surface area contributed by atoms with Gasteiger partial charge < -0.3 is 14.8 Å². The van der Waals surface area contributed by atoms with E-state index in [0.717, 1.165) is 42.8 Å². The molecule has 200 valence electrons. The number of hydrogen-bond acceptors (Lipinski definition) is 10. The van der Waals surface area contributed by atoms with Gasteiger partial charge in [-0.2, -0.15) is 5.10 Å². The number of fused-ring (bicyclic) bond motifs is 1. The van der Waals surface area contributed by atoms with Gasteiger partial charge in [-0.1, -0.05) is 0 Å². The Bertz CT molecular complexity index is 1560. The van der Waals surface area contributed by atoms with Gasteiger partial charge in [-0.25, -0.2) is 18.4 Å².